The van der Waals surface area contributed by atoms with E-state index >= 15 is 0 Å². The molecule has 24 heavy (non-hydrogen) atoms. The number of carbonyl (C=O) groups is 1. The third-order valence-electron chi connectivity index (χ3n) is 3.72. The van der Waals surface area contributed by atoms with E-state index in [-0.39, 0.29) is 22.2 Å². The number of nitro benzene ring substituents is 1. The van der Waals surface area contributed by atoms with Gasteiger partial charge in [0.2, 0.25) is 0 Å². The van der Waals surface area contributed by atoms with Crippen molar-refractivity contribution in [3.8, 4) is 0 Å². The Morgan fingerprint density at radius 2 is 2.00 bits per heavy atom. The quantitative estimate of drug-likeness (QED) is 0.567. The minimum atomic E-state index is -0.606. The molecule has 2 aromatic carbocycles. The summed E-state index contributed by atoms with van der Waals surface area (Å²) < 4.78 is 2.04. The van der Waals surface area contributed by atoms with Gasteiger partial charge in [-0.1, -0.05) is 29.8 Å². The van der Waals surface area contributed by atoms with Crippen LogP contribution in [-0.2, 0) is 6.54 Å². The summed E-state index contributed by atoms with van der Waals surface area (Å²) in [5.74, 6) is -0.369. The summed E-state index contributed by atoms with van der Waals surface area (Å²) >= 11 is 5.75. The maximum atomic E-state index is 12.1. The molecule has 0 aliphatic carbocycles. The normalized spacial score (nSPS) is 10.7. The van der Waals surface area contributed by atoms with Crippen molar-refractivity contribution in [3.05, 3.63) is 75.4 Å². The zero-order valence-electron chi connectivity index (χ0n) is 12.6. The standard InChI is InChI=1S/C17H14ClN3O3/c18-14-6-5-13(11-16(14)21(23)24)17(22)19-8-10-20-9-7-12-3-1-2-4-15(12)20/h1-7,9,11H,8,10H2,(H,19,22). The van der Waals surface area contributed by atoms with Crippen LogP contribution in [0.2, 0.25) is 5.02 Å². The lowest BCUT2D eigenvalue weighted by Crippen LogP contribution is -2.27. The summed E-state index contributed by atoms with van der Waals surface area (Å²) in [6, 6.07) is 14.0. The first kappa shape index (κ1) is 16.0. The van der Waals surface area contributed by atoms with Crippen molar-refractivity contribution in [1.29, 1.82) is 0 Å². The number of benzene rings is 2. The highest BCUT2D eigenvalue weighted by Crippen LogP contribution is 2.25. The molecule has 7 heteroatoms. The zero-order valence-corrected chi connectivity index (χ0v) is 13.4. The molecule has 3 aromatic rings. The SMILES string of the molecule is O=C(NCCn1ccc2ccccc21)c1ccc(Cl)c([N+](=O)[O-])c1. The molecule has 0 aliphatic heterocycles. The van der Waals surface area contributed by atoms with E-state index in [1.54, 1.807) is 0 Å². The summed E-state index contributed by atoms with van der Waals surface area (Å²) in [5.41, 5.74) is 1.03. The van der Waals surface area contributed by atoms with Gasteiger partial charge in [0.15, 0.2) is 0 Å². The number of halogens is 1. The molecule has 122 valence electrons. The second-order valence-corrected chi connectivity index (χ2v) is 5.65. The van der Waals surface area contributed by atoms with E-state index in [1.165, 1.54) is 18.2 Å². The molecule has 0 saturated heterocycles. The van der Waals surface area contributed by atoms with Crippen LogP contribution in [0, 0.1) is 10.1 Å². The first-order chi connectivity index (χ1) is 11.6. The van der Waals surface area contributed by atoms with Crippen molar-refractivity contribution < 1.29 is 9.72 Å². The van der Waals surface area contributed by atoms with Crippen LogP contribution in [0.5, 0.6) is 0 Å². The topological polar surface area (TPSA) is 77.2 Å². The minimum absolute atomic E-state index is 0.00959. The number of hydrogen-bond acceptors (Lipinski definition) is 3. The lowest BCUT2D eigenvalue weighted by Gasteiger charge is -2.08. The Bertz CT molecular complexity index is 920. The number of nitro groups is 1. The van der Waals surface area contributed by atoms with E-state index in [0.29, 0.717) is 13.1 Å². The predicted octanol–water partition coefficient (Wildman–Crippen LogP) is 3.63. The predicted molar refractivity (Wildman–Crippen MR) is 92.4 cm³/mol. The Kier molecular flexibility index (Phi) is 4.48. The van der Waals surface area contributed by atoms with Crippen LogP contribution in [0.3, 0.4) is 0 Å². The van der Waals surface area contributed by atoms with Gasteiger partial charge in [-0.25, -0.2) is 0 Å². The molecule has 1 aromatic heterocycles. The fraction of sp³-hybridized carbons (Fsp3) is 0.118. The van der Waals surface area contributed by atoms with E-state index in [9.17, 15) is 14.9 Å². The molecule has 1 amide bonds. The van der Waals surface area contributed by atoms with Crippen molar-refractivity contribution in [2.45, 2.75) is 6.54 Å². The van der Waals surface area contributed by atoms with Crippen LogP contribution in [0.15, 0.2) is 54.7 Å². The number of aromatic nitrogens is 1. The fourth-order valence-corrected chi connectivity index (χ4v) is 2.71. The average Bonchev–Trinajstić information content (AvgIpc) is 2.98. The van der Waals surface area contributed by atoms with E-state index in [2.05, 4.69) is 5.32 Å². The number of nitrogens with zero attached hydrogens (tertiary/aromatic N) is 2. The summed E-state index contributed by atoms with van der Waals surface area (Å²) in [6.45, 7) is 1.02. The van der Waals surface area contributed by atoms with Crippen LogP contribution in [-0.4, -0.2) is 21.9 Å². The third-order valence-corrected chi connectivity index (χ3v) is 4.04. The van der Waals surface area contributed by atoms with Crippen molar-refractivity contribution in [2.24, 2.45) is 0 Å². The lowest BCUT2D eigenvalue weighted by atomic mass is 10.2. The van der Waals surface area contributed by atoms with Gasteiger partial charge in [-0.3, -0.25) is 14.9 Å². The number of hydrogen-bond donors (Lipinski definition) is 1. The molecule has 0 aliphatic rings. The van der Waals surface area contributed by atoms with Gasteiger partial charge in [0.25, 0.3) is 11.6 Å². The molecule has 0 bridgehead atoms. The lowest BCUT2D eigenvalue weighted by molar-refractivity contribution is -0.384. The summed E-state index contributed by atoms with van der Waals surface area (Å²) in [6.07, 6.45) is 1.96. The molecular weight excluding hydrogens is 330 g/mol. The van der Waals surface area contributed by atoms with Crippen LogP contribution >= 0.6 is 11.6 Å². The average molecular weight is 344 g/mol. The number of rotatable bonds is 5. The number of fused-ring (bicyclic) bond motifs is 1. The number of carbonyl (C=O) groups excluding carboxylic acids is 1. The molecule has 0 unspecified atom stereocenters. The highest BCUT2D eigenvalue weighted by molar-refractivity contribution is 6.32. The van der Waals surface area contributed by atoms with Crippen LogP contribution < -0.4 is 5.32 Å². The maximum Gasteiger partial charge on any atom is 0.288 e. The molecule has 0 atom stereocenters. The molecule has 6 nitrogen and oxygen atoms in total. The Labute approximate surface area is 142 Å². The summed E-state index contributed by atoms with van der Waals surface area (Å²) in [5, 5.41) is 14.8. The van der Waals surface area contributed by atoms with Gasteiger partial charge < -0.3 is 9.88 Å². The molecule has 3 rings (SSSR count). The maximum absolute atomic E-state index is 12.1. The van der Waals surface area contributed by atoms with Crippen molar-refractivity contribution in [1.82, 2.24) is 9.88 Å². The van der Waals surface area contributed by atoms with Crippen molar-refractivity contribution >= 4 is 34.1 Å². The molecule has 0 fully saturated rings. The monoisotopic (exact) mass is 343 g/mol. The van der Waals surface area contributed by atoms with Gasteiger partial charge in [-0.15, -0.1) is 0 Å². The molecule has 0 radical (unpaired) electrons. The van der Waals surface area contributed by atoms with Crippen LogP contribution in [0.1, 0.15) is 10.4 Å². The molecule has 0 saturated carbocycles. The van der Waals surface area contributed by atoms with Gasteiger partial charge in [0.1, 0.15) is 5.02 Å². The largest absolute Gasteiger partial charge is 0.350 e. The Morgan fingerprint density at radius 3 is 2.79 bits per heavy atom. The third kappa shape index (κ3) is 3.23. The zero-order chi connectivity index (χ0) is 17.1. The highest BCUT2D eigenvalue weighted by atomic mass is 35.5. The summed E-state index contributed by atoms with van der Waals surface area (Å²) in [4.78, 5) is 22.4. The smallest absolute Gasteiger partial charge is 0.288 e. The molecular formula is C17H14ClN3O3. The Balaban J connectivity index is 1.66. The summed E-state index contributed by atoms with van der Waals surface area (Å²) in [7, 11) is 0. The van der Waals surface area contributed by atoms with E-state index < -0.39 is 4.92 Å². The van der Waals surface area contributed by atoms with Crippen molar-refractivity contribution in [3.63, 3.8) is 0 Å². The van der Waals surface area contributed by atoms with E-state index in [1.807, 2.05) is 41.1 Å². The second kappa shape index (κ2) is 6.72. The Morgan fingerprint density at radius 1 is 1.21 bits per heavy atom. The fourth-order valence-electron chi connectivity index (χ4n) is 2.52. The van der Waals surface area contributed by atoms with Gasteiger partial charge in [-0.2, -0.15) is 0 Å². The minimum Gasteiger partial charge on any atom is -0.350 e. The number of nitrogens with one attached hydrogen (secondary N) is 1. The van der Waals surface area contributed by atoms with E-state index in [4.69, 9.17) is 11.6 Å². The van der Waals surface area contributed by atoms with Gasteiger partial charge in [0, 0.05) is 36.4 Å². The van der Waals surface area contributed by atoms with Gasteiger partial charge in [-0.05, 0) is 29.7 Å². The van der Waals surface area contributed by atoms with Gasteiger partial charge in [0.05, 0.1) is 4.92 Å². The van der Waals surface area contributed by atoms with Crippen molar-refractivity contribution in [2.75, 3.05) is 6.54 Å². The van der Waals surface area contributed by atoms with Crippen LogP contribution in [0.25, 0.3) is 10.9 Å². The molecule has 1 heterocycles. The molecule has 0 spiro atoms. The van der Waals surface area contributed by atoms with Crippen LogP contribution in [0.4, 0.5) is 5.69 Å². The highest BCUT2D eigenvalue weighted by Gasteiger charge is 2.16. The number of para-hydroxylation sites is 1. The number of amides is 1. The van der Waals surface area contributed by atoms with Gasteiger partial charge >= 0.3 is 0 Å². The first-order valence-corrected chi connectivity index (χ1v) is 7.70. The van der Waals surface area contributed by atoms with E-state index in [0.717, 1.165) is 10.9 Å². The Hall–Kier alpha value is -2.86. The first-order valence-electron chi connectivity index (χ1n) is 7.32. The second-order valence-electron chi connectivity index (χ2n) is 5.25. The molecule has 1 N–H and O–H groups in total.